The maximum Gasteiger partial charge on any atom is 0.339 e. The largest absolute Gasteiger partial charge is 0.478 e. The van der Waals surface area contributed by atoms with Gasteiger partial charge in [-0.3, -0.25) is 0 Å². The van der Waals surface area contributed by atoms with E-state index in [1.54, 1.807) is 18.0 Å². The number of carboxylic acids is 1. The molecule has 0 aromatic carbocycles. The highest BCUT2D eigenvalue weighted by Gasteiger charge is 2.12. The molecule has 0 aliphatic heterocycles. The van der Waals surface area contributed by atoms with E-state index in [9.17, 15) is 4.79 Å². The van der Waals surface area contributed by atoms with Crippen molar-refractivity contribution < 1.29 is 18.7 Å². The first-order chi connectivity index (χ1) is 7.77. The van der Waals surface area contributed by atoms with Gasteiger partial charge < -0.3 is 13.9 Å². The Morgan fingerprint density at radius 3 is 2.81 bits per heavy atom. The Bertz CT molecular complexity index is 458. The van der Waals surface area contributed by atoms with Gasteiger partial charge in [0.1, 0.15) is 17.1 Å². The zero-order valence-electron chi connectivity index (χ0n) is 8.38. The molecule has 0 aliphatic rings. The molecule has 84 valence electrons. The fourth-order valence-corrected chi connectivity index (χ4v) is 2.16. The summed E-state index contributed by atoms with van der Waals surface area (Å²) >= 11 is 1.55. The third kappa shape index (κ3) is 2.49. The van der Waals surface area contributed by atoms with Crippen molar-refractivity contribution in [2.45, 2.75) is 11.5 Å². The summed E-state index contributed by atoms with van der Waals surface area (Å²) in [7, 11) is 0. The Kier molecular flexibility index (Phi) is 3.36. The molecular weight excluding hydrogens is 228 g/mol. The Morgan fingerprint density at radius 1 is 1.25 bits per heavy atom. The van der Waals surface area contributed by atoms with Crippen LogP contribution in [0.15, 0.2) is 39.6 Å². The summed E-state index contributed by atoms with van der Waals surface area (Å²) in [5.41, 5.74) is 0.229. The lowest BCUT2D eigenvalue weighted by Crippen LogP contribution is -1.97. The molecule has 5 heteroatoms. The lowest BCUT2D eigenvalue weighted by atomic mass is 10.3. The summed E-state index contributed by atoms with van der Waals surface area (Å²) in [5.74, 6) is 1.63. The molecule has 0 atom stereocenters. The number of carboxylic acid groups (broad SMARTS) is 1. The van der Waals surface area contributed by atoms with Gasteiger partial charge in [0.05, 0.1) is 24.0 Å². The van der Waals surface area contributed by atoms with Gasteiger partial charge in [-0.2, -0.15) is 0 Å². The fraction of sp³-hybridized carbons (Fsp3) is 0.182. The van der Waals surface area contributed by atoms with Crippen LogP contribution in [0.25, 0.3) is 0 Å². The maximum atomic E-state index is 10.8. The van der Waals surface area contributed by atoms with Crippen molar-refractivity contribution in [2.24, 2.45) is 0 Å². The Hall–Kier alpha value is -1.62. The predicted octanol–water partition coefficient (Wildman–Crippen LogP) is 3.00. The first-order valence-electron chi connectivity index (χ1n) is 4.67. The van der Waals surface area contributed by atoms with Gasteiger partial charge >= 0.3 is 5.97 Å². The number of carbonyl (C=O) groups is 1. The zero-order valence-corrected chi connectivity index (χ0v) is 9.20. The second-order valence-corrected chi connectivity index (χ2v) is 4.12. The molecular formula is C11H10O4S. The highest BCUT2D eigenvalue weighted by molar-refractivity contribution is 7.97. The van der Waals surface area contributed by atoms with Crippen LogP contribution < -0.4 is 0 Å². The molecule has 2 aromatic rings. The van der Waals surface area contributed by atoms with Crippen molar-refractivity contribution in [3.63, 3.8) is 0 Å². The minimum Gasteiger partial charge on any atom is -0.478 e. The predicted molar refractivity (Wildman–Crippen MR) is 59.4 cm³/mol. The van der Waals surface area contributed by atoms with Crippen molar-refractivity contribution in [3.05, 3.63) is 47.8 Å². The second kappa shape index (κ2) is 4.94. The quantitative estimate of drug-likeness (QED) is 0.867. The smallest absolute Gasteiger partial charge is 0.339 e. The SMILES string of the molecule is O=C(O)c1ccoc1CSCc1ccco1. The van der Waals surface area contributed by atoms with E-state index < -0.39 is 5.97 Å². The topological polar surface area (TPSA) is 63.6 Å². The minimum absolute atomic E-state index is 0.229. The first kappa shape index (κ1) is 10.9. The highest BCUT2D eigenvalue weighted by Crippen LogP contribution is 2.21. The first-order valence-corrected chi connectivity index (χ1v) is 5.82. The average molecular weight is 238 g/mol. The molecule has 0 unspecified atom stereocenters. The van der Waals surface area contributed by atoms with Gasteiger partial charge in [-0.15, -0.1) is 11.8 Å². The van der Waals surface area contributed by atoms with Gasteiger partial charge in [-0.05, 0) is 18.2 Å². The lowest BCUT2D eigenvalue weighted by molar-refractivity contribution is 0.0695. The molecule has 2 aromatic heterocycles. The minimum atomic E-state index is -0.956. The van der Waals surface area contributed by atoms with Crippen LogP contribution >= 0.6 is 11.8 Å². The van der Waals surface area contributed by atoms with E-state index in [1.807, 2.05) is 12.1 Å². The van der Waals surface area contributed by atoms with Gasteiger partial charge in [0.15, 0.2) is 0 Å². The van der Waals surface area contributed by atoms with Gasteiger partial charge in [0.25, 0.3) is 0 Å². The standard InChI is InChI=1S/C11H10O4S/c12-11(13)9-3-5-15-10(9)7-16-6-8-2-1-4-14-8/h1-5H,6-7H2,(H,12,13). The third-order valence-electron chi connectivity index (χ3n) is 2.03. The van der Waals surface area contributed by atoms with Gasteiger partial charge in [0.2, 0.25) is 0 Å². The third-order valence-corrected chi connectivity index (χ3v) is 2.99. The summed E-state index contributed by atoms with van der Waals surface area (Å²) in [6, 6.07) is 5.17. The molecule has 0 bridgehead atoms. The molecule has 16 heavy (non-hydrogen) atoms. The fourth-order valence-electron chi connectivity index (χ4n) is 1.28. The van der Waals surface area contributed by atoms with E-state index in [4.69, 9.17) is 13.9 Å². The summed E-state index contributed by atoms with van der Waals surface area (Å²) < 4.78 is 10.3. The van der Waals surface area contributed by atoms with Crippen LogP contribution in [0.1, 0.15) is 21.9 Å². The number of hydrogen-bond donors (Lipinski definition) is 1. The van der Waals surface area contributed by atoms with Crippen LogP contribution in [-0.2, 0) is 11.5 Å². The maximum absolute atomic E-state index is 10.8. The number of hydrogen-bond acceptors (Lipinski definition) is 4. The van der Waals surface area contributed by atoms with Crippen molar-refractivity contribution in [3.8, 4) is 0 Å². The van der Waals surface area contributed by atoms with E-state index in [1.165, 1.54) is 12.3 Å². The number of rotatable bonds is 5. The lowest BCUT2D eigenvalue weighted by Gasteiger charge is -1.98. The van der Waals surface area contributed by atoms with E-state index >= 15 is 0 Å². The summed E-state index contributed by atoms with van der Waals surface area (Å²) in [6.45, 7) is 0. The Morgan fingerprint density at radius 2 is 2.12 bits per heavy atom. The Balaban J connectivity index is 1.90. The van der Waals surface area contributed by atoms with Gasteiger partial charge in [-0.25, -0.2) is 4.79 Å². The number of thioether (sulfide) groups is 1. The zero-order chi connectivity index (χ0) is 11.4. The van der Waals surface area contributed by atoms with Crippen molar-refractivity contribution in [1.29, 1.82) is 0 Å². The molecule has 0 saturated carbocycles. The van der Waals surface area contributed by atoms with E-state index in [0.717, 1.165) is 5.76 Å². The monoisotopic (exact) mass is 238 g/mol. The van der Waals surface area contributed by atoms with Crippen LogP contribution in [0.3, 0.4) is 0 Å². The number of furan rings is 2. The highest BCUT2D eigenvalue weighted by atomic mass is 32.2. The van der Waals surface area contributed by atoms with E-state index in [2.05, 4.69) is 0 Å². The molecule has 0 spiro atoms. The van der Waals surface area contributed by atoms with Crippen LogP contribution in [0.2, 0.25) is 0 Å². The molecule has 4 nitrogen and oxygen atoms in total. The molecule has 0 fully saturated rings. The van der Waals surface area contributed by atoms with Gasteiger partial charge in [0, 0.05) is 0 Å². The molecule has 0 aliphatic carbocycles. The van der Waals surface area contributed by atoms with Crippen LogP contribution in [-0.4, -0.2) is 11.1 Å². The molecule has 0 radical (unpaired) electrons. The molecule has 2 heterocycles. The van der Waals surface area contributed by atoms with Crippen LogP contribution in [0.4, 0.5) is 0 Å². The van der Waals surface area contributed by atoms with Crippen molar-refractivity contribution >= 4 is 17.7 Å². The van der Waals surface area contributed by atoms with Crippen molar-refractivity contribution in [1.82, 2.24) is 0 Å². The molecule has 0 saturated heterocycles. The molecule has 2 rings (SSSR count). The van der Waals surface area contributed by atoms with Crippen LogP contribution in [0, 0.1) is 0 Å². The molecule has 0 amide bonds. The van der Waals surface area contributed by atoms with Gasteiger partial charge in [-0.1, -0.05) is 0 Å². The van der Waals surface area contributed by atoms with E-state index in [0.29, 0.717) is 17.3 Å². The molecule has 1 N–H and O–H groups in total. The van der Waals surface area contributed by atoms with E-state index in [-0.39, 0.29) is 5.56 Å². The van der Waals surface area contributed by atoms with Crippen molar-refractivity contribution in [2.75, 3.05) is 0 Å². The normalized spacial score (nSPS) is 10.5. The summed E-state index contributed by atoms with van der Waals surface area (Å²) in [6.07, 6.45) is 3.01. The summed E-state index contributed by atoms with van der Waals surface area (Å²) in [4.78, 5) is 10.8. The average Bonchev–Trinajstić information content (AvgIpc) is 2.87. The number of aromatic carboxylic acids is 1. The summed E-state index contributed by atoms with van der Waals surface area (Å²) in [5, 5.41) is 8.85. The second-order valence-electron chi connectivity index (χ2n) is 3.13. The van der Waals surface area contributed by atoms with Crippen LogP contribution in [0.5, 0.6) is 0 Å². The Labute approximate surface area is 96.3 Å².